The molecule has 134 valence electrons. The second-order valence-electron chi connectivity index (χ2n) is 5.09. The first-order valence-electron chi connectivity index (χ1n) is 7.10. The summed E-state index contributed by atoms with van der Waals surface area (Å²) in [7, 11) is 0. The Morgan fingerprint density at radius 3 is 2.46 bits per heavy atom. The van der Waals surface area contributed by atoms with E-state index in [0.29, 0.717) is 4.68 Å². The van der Waals surface area contributed by atoms with Crippen molar-refractivity contribution in [3.05, 3.63) is 70.9 Å². The van der Waals surface area contributed by atoms with E-state index < -0.39 is 29.2 Å². The third-order valence-corrected chi connectivity index (χ3v) is 3.62. The van der Waals surface area contributed by atoms with Crippen molar-refractivity contribution in [2.24, 2.45) is 0 Å². The standard InChI is InChI=1S/C16H9ClF4N4O/c17-12-2-1-7-22-14(12)25-13(16(19,20)21)11(8-23-25)15(26)24-10-5-3-9(18)4-6-10/h1-8H,(H,24,26). The SMILES string of the molecule is O=C(Nc1ccc(F)cc1)c1cnn(-c2ncccc2Cl)c1C(F)(F)F. The zero-order valence-electron chi connectivity index (χ0n) is 12.8. The lowest BCUT2D eigenvalue weighted by Crippen LogP contribution is -2.21. The summed E-state index contributed by atoms with van der Waals surface area (Å²) in [6, 6.07) is 7.38. The van der Waals surface area contributed by atoms with E-state index in [1.807, 2.05) is 0 Å². The van der Waals surface area contributed by atoms with Crippen LogP contribution in [0.25, 0.3) is 5.82 Å². The van der Waals surface area contributed by atoms with Crippen LogP contribution in [-0.2, 0) is 6.18 Å². The van der Waals surface area contributed by atoms with E-state index in [2.05, 4.69) is 15.4 Å². The molecule has 26 heavy (non-hydrogen) atoms. The number of pyridine rings is 1. The van der Waals surface area contributed by atoms with Crippen molar-refractivity contribution in [2.75, 3.05) is 5.32 Å². The number of aromatic nitrogens is 3. The molecule has 5 nitrogen and oxygen atoms in total. The summed E-state index contributed by atoms with van der Waals surface area (Å²) in [6.07, 6.45) is -2.87. The summed E-state index contributed by atoms with van der Waals surface area (Å²) in [6.45, 7) is 0. The number of halogens is 5. The lowest BCUT2D eigenvalue weighted by Gasteiger charge is -2.13. The Bertz CT molecular complexity index is 954. The summed E-state index contributed by atoms with van der Waals surface area (Å²) in [5.41, 5.74) is -1.91. The number of carbonyl (C=O) groups is 1. The van der Waals surface area contributed by atoms with Gasteiger partial charge in [-0.3, -0.25) is 4.79 Å². The van der Waals surface area contributed by atoms with Crippen LogP contribution in [0.2, 0.25) is 5.02 Å². The van der Waals surface area contributed by atoms with Crippen molar-refractivity contribution < 1.29 is 22.4 Å². The molecule has 0 aliphatic heterocycles. The van der Waals surface area contributed by atoms with Gasteiger partial charge in [-0.15, -0.1) is 0 Å². The number of hydrogen-bond donors (Lipinski definition) is 1. The molecule has 0 atom stereocenters. The first kappa shape index (κ1) is 17.9. The fraction of sp³-hybridized carbons (Fsp3) is 0.0625. The second-order valence-corrected chi connectivity index (χ2v) is 5.49. The molecule has 0 saturated heterocycles. The van der Waals surface area contributed by atoms with Gasteiger partial charge in [-0.25, -0.2) is 14.1 Å². The average molecular weight is 385 g/mol. The number of nitrogens with zero attached hydrogens (tertiary/aromatic N) is 3. The van der Waals surface area contributed by atoms with Crippen molar-refractivity contribution in [1.82, 2.24) is 14.8 Å². The first-order valence-corrected chi connectivity index (χ1v) is 7.48. The molecule has 0 aliphatic rings. The first-order chi connectivity index (χ1) is 12.3. The van der Waals surface area contributed by atoms with Gasteiger partial charge in [0.2, 0.25) is 0 Å². The summed E-state index contributed by atoms with van der Waals surface area (Å²) < 4.78 is 54.0. The van der Waals surface area contributed by atoms with E-state index in [0.717, 1.165) is 18.3 Å². The summed E-state index contributed by atoms with van der Waals surface area (Å²) in [5.74, 6) is -1.86. The molecule has 2 heterocycles. The van der Waals surface area contributed by atoms with Crippen LogP contribution in [0.3, 0.4) is 0 Å². The van der Waals surface area contributed by atoms with Gasteiger partial charge in [-0.1, -0.05) is 11.6 Å². The number of nitrogens with one attached hydrogen (secondary N) is 1. The molecule has 0 bridgehead atoms. The highest BCUT2D eigenvalue weighted by molar-refractivity contribution is 6.32. The fourth-order valence-corrected chi connectivity index (χ4v) is 2.41. The molecule has 0 fully saturated rings. The van der Waals surface area contributed by atoms with Crippen molar-refractivity contribution >= 4 is 23.2 Å². The lowest BCUT2D eigenvalue weighted by molar-refractivity contribution is -0.143. The number of hydrogen-bond acceptors (Lipinski definition) is 3. The highest BCUT2D eigenvalue weighted by atomic mass is 35.5. The molecule has 0 unspecified atom stereocenters. The lowest BCUT2D eigenvalue weighted by atomic mass is 10.2. The maximum atomic E-state index is 13.6. The van der Waals surface area contributed by atoms with Gasteiger partial charge >= 0.3 is 6.18 Å². The number of rotatable bonds is 3. The fourth-order valence-electron chi connectivity index (χ4n) is 2.21. The van der Waals surface area contributed by atoms with E-state index in [-0.39, 0.29) is 16.5 Å². The van der Waals surface area contributed by atoms with E-state index in [1.165, 1.54) is 30.5 Å². The Morgan fingerprint density at radius 2 is 1.85 bits per heavy atom. The second kappa shape index (κ2) is 6.75. The van der Waals surface area contributed by atoms with Crippen LogP contribution in [0.15, 0.2) is 48.8 Å². The molecule has 3 aromatic rings. The molecule has 2 aromatic heterocycles. The predicted molar refractivity (Wildman–Crippen MR) is 85.7 cm³/mol. The highest BCUT2D eigenvalue weighted by Gasteiger charge is 2.41. The predicted octanol–water partition coefficient (Wildman–Crippen LogP) is 4.33. The summed E-state index contributed by atoms with van der Waals surface area (Å²) in [5, 5.41) is 5.82. The van der Waals surface area contributed by atoms with Crippen LogP contribution in [0, 0.1) is 5.82 Å². The Morgan fingerprint density at radius 1 is 1.15 bits per heavy atom. The Kier molecular flexibility index (Phi) is 4.64. The van der Waals surface area contributed by atoms with Gasteiger partial charge in [0.05, 0.1) is 16.8 Å². The topological polar surface area (TPSA) is 59.8 Å². The maximum absolute atomic E-state index is 13.6. The van der Waals surface area contributed by atoms with Gasteiger partial charge < -0.3 is 5.32 Å². The van der Waals surface area contributed by atoms with Gasteiger partial charge in [0, 0.05) is 11.9 Å². The maximum Gasteiger partial charge on any atom is 0.434 e. The molecule has 1 amide bonds. The molecule has 1 aromatic carbocycles. The summed E-state index contributed by atoms with van der Waals surface area (Å²) in [4.78, 5) is 16.1. The van der Waals surface area contributed by atoms with Crippen molar-refractivity contribution in [3.8, 4) is 5.82 Å². The van der Waals surface area contributed by atoms with Gasteiger partial charge in [0.1, 0.15) is 5.82 Å². The van der Waals surface area contributed by atoms with Crippen molar-refractivity contribution in [3.63, 3.8) is 0 Å². The van der Waals surface area contributed by atoms with Gasteiger partial charge in [0.25, 0.3) is 5.91 Å². The van der Waals surface area contributed by atoms with Crippen molar-refractivity contribution in [1.29, 1.82) is 0 Å². The monoisotopic (exact) mass is 384 g/mol. The minimum atomic E-state index is -4.90. The molecule has 1 N–H and O–H groups in total. The van der Waals surface area contributed by atoms with Crippen molar-refractivity contribution in [2.45, 2.75) is 6.18 Å². The third-order valence-electron chi connectivity index (χ3n) is 3.32. The molecule has 0 saturated carbocycles. The minimum Gasteiger partial charge on any atom is -0.322 e. The normalized spacial score (nSPS) is 11.4. The van der Waals surface area contributed by atoms with Gasteiger partial charge in [-0.2, -0.15) is 18.3 Å². The number of alkyl halides is 3. The van der Waals surface area contributed by atoms with E-state index in [1.54, 1.807) is 0 Å². The van der Waals surface area contributed by atoms with Gasteiger partial charge in [-0.05, 0) is 36.4 Å². The third kappa shape index (κ3) is 3.52. The van der Waals surface area contributed by atoms with Gasteiger partial charge in [0.15, 0.2) is 11.5 Å². The molecule has 0 radical (unpaired) electrons. The van der Waals surface area contributed by atoms with Crippen LogP contribution >= 0.6 is 11.6 Å². The molecule has 3 rings (SSSR count). The van der Waals surface area contributed by atoms with E-state index >= 15 is 0 Å². The number of benzene rings is 1. The van der Waals surface area contributed by atoms with Crippen LogP contribution in [-0.4, -0.2) is 20.7 Å². The Labute approximate surface area is 149 Å². The minimum absolute atomic E-state index is 0.0633. The molecule has 10 heteroatoms. The number of amides is 1. The average Bonchev–Trinajstić information content (AvgIpc) is 3.02. The zero-order valence-corrected chi connectivity index (χ0v) is 13.5. The van der Waals surface area contributed by atoms with Crippen LogP contribution in [0.4, 0.5) is 23.2 Å². The Hall–Kier alpha value is -2.94. The zero-order chi connectivity index (χ0) is 18.9. The molecular weight excluding hydrogens is 376 g/mol. The molecule has 0 spiro atoms. The quantitative estimate of drug-likeness (QED) is 0.684. The van der Waals surface area contributed by atoms with Crippen LogP contribution in [0.5, 0.6) is 0 Å². The summed E-state index contributed by atoms with van der Waals surface area (Å²) >= 11 is 5.89. The Balaban J connectivity index is 2.04. The number of anilines is 1. The van der Waals surface area contributed by atoms with Crippen LogP contribution in [0.1, 0.15) is 16.1 Å². The molecular formula is C16H9ClF4N4O. The van der Waals surface area contributed by atoms with Crippen LogP contribution < -0.4 is 5.32 Å². The largest absolute Gasteiger partial charge is 0.434 e. The van der Waals surface area contributed by atoms with E-state index in [4.69, 9.17) is 11.6 Å². The number of carbonyl (C=O) groups excluding carboxylic acids is 1. The molecule has 0 aliphatic carbocycles. The smallest absolute Gasteiger partial charge is 0.322 e. The van der Waals surface area contributed by atoms with E-state index in [9.17, 15) is 22.4 Å². The highest BCUT2D eigenvalue weighted by Crippen LogP contribution is 2.34.